The largest absolute Gasteiger partial charge is 0.543 e. The number of halogens is 2. The minimum Gasteiger partial charge on any atom is -0.543 e. The summed E-state index contributed by atoms with van der Waals surface area (Å²) >= 11 is 14.8. The van der Waals surface area contributed by atoms with Gasteiger partial charge in [0.05, 0.1) is 35.5 Å². The average Bonchev–Trinajstić information content (AvgIpc) is 2.83. The molecule has 2 amide bonds. The number of aliphatic carboxylic acids is 1. The number of hydrogen-bond acceptors (Lipinski definition) is 7. The summed E-state index contributed by atoms with van der Waals surface area (Å²) in [6, 6.07) is 4.19. The number of β-lactam (4-membered cyclic amide) rings is 1. The Morgan fingerprint density at radius 2 is 2.03 bits per heavy atom. The number of hydrogen-bond donors (Lipinski definition) is 2. The van der Waals surface area contributed by atoms with Crippen molar-refractivity contribution in [3.05, 3.63) is 39.5 Å². The molecule has 4 saturated heterocycles. The van der Waals surface area contributed by atoms with Crippen molar-refractivity contribution in [2.45, 2.75) is 35.3 Å². The first kappa shape index (κ1) is 25.2. The molecule has 4 fully saturated rings. The van der Waals surface area contributed by atoms with E-state index in [9.17, 15) is 24.6 Å². The van der Waals surface area contributed by atoms with Gasteiger partial charge in [0.15, 0.2) is 0 Å². The number of nitrogens with zero attached hydrogens (tertiary/aromatic N) is 2. The van der Waals surface area contributed by atoms with Gasteiger partial charge in [-0.25, -0.2) is 0 Å². The molecule has 5 aliphatic heterocycles. The van der Waals surface area contributed by atoms with Gasteiger partial charge in [-0.05, 0) is 18.2 Å². The highest BCUT2D eigenvalue weighted by Crippen LogP contribution is 2.42. The lowest BCUT2D eigenvalue weighted by Gasteiger charge is -2.54. The normalized spacial score (nSPS) is 31.7. The summed E-state index contributed by atoms with van der Waals surface area (Å²) < 4.78 is 0.653. The van der Waals surface area contributed by atoms with E-state index in [1.165, 1.54) is 28.4 Å². The molecule has 2 N–H and O–H groups in total. The first-order valence-electron chi connectivity index (χ1n) is 11.5. The molecule has 12 heteroatoms. The molecule has 1 unspecified atom stereocenters. The predicted octanol–water partition coefficient (Wildman–Crippen LogP) is 1.09. The summed E-state index contributed by atoms with van der Waals surface area (Å²) in [4.78, 5) is 39.5. The Bertz CT molecular complexity index is 1110. The molecule has 6 rings (SSSR count). The van der Waals surface area contributed by atoms with Crippen LogP contribution in [0.25, 0.3) is 0 Å². The first-order valence-corrected chi connectivity index (χ1v) is 14.2. The van der Waals surface area contributed by atoms with E-state index in [4.69, 9.17) is 23.2 Å². The van der Waals surface area contributed by atoms with E-state index in [-0.39, 0.29) is 23.5 Å². The fourth-order valence-corrected chi connectivity index (χ4v) is 8.26. The number of thioether (sulfide) groups is 2. The third-order valence-electron chi connectivity index (χ3n) is 7.40. The number of piperidine rings is 3. The Morgan fingerprint density at radius 1 is 1.29 bits per heavy atom. The molecule has 3 atom stereocenters. The minimum absolute atomic E-state index is 0.0407. The molecule has 0 aliphatic carbocycles. The van der Waals surface area contributed by atoms with Gasteiger partial charge in [0.25, 0.3) is 5.91 Å². The van der Waals surface area contributed by atoms with E-state index in [2.05, 4.69) is 5.32 Å². The van der Waals surface area contributed by atoms with Gasteiger partial charge in [0.1, 0.15) is 30.6 Å². The van der Waals surface area contributed by atoms with E-state index in [0.29, 0.717) is 49.8 Å². The van der Waals surface area contributed by atoms with Crippen LogP contribution in [0.4, 0.5) is 0 Å². The van der Waals surface area contributed by atoms with E-state index in [1.807, 2.05) is 0 Å². The van der Waals surface area contributed by atoms with Crippen molar-refractivity contribution in [1.82, 2.24) is 10.2 Å². The monoisotopic (exact) mass is 557 g/mol. The molecule has 8 nitrogen and oxygen atoms in total. The van der Waals surface area contributed by atoms with Crippen LogP contribution in [0, 0.1) is 5.92 Å². The molecule has 5 aliphatic rings. The van der Waals surface area contributed by atoms with E-state index < -0.39 is 23.3 Å². The van der Waals surface area contributed by atoms with Gasteiger partial charge >= 0.3 is 0 Å². The molecule has 2 bridgehead atoms. The number of amides is 2. The first-order chi connectivity index (χ1) is 16.7. The van der Waals surface area contributed by atoms with Crippen LogP contribution in [0.2, 0.25) is 10.0 Å². The lowest BCUT2D eigenvalue weighted by atomic mass is 9.83. The SMILES string of the molecule is O=C(CSc1cc(Cl)ccc1Cl)N[C@@H]1C(=O)N2C(C(=O)[O-])=C(C[N+]34CCC(CC3)C(O)C4)CS[C@H]12. The molecule has 1 aromatic rings. The number of carbonyl (C=O) groups is 3. The molecule has 0 radical (unpaired) electrons. The summed E-state index contributed by atoms with van der Waals surface area (Å²) in [5, 5.41) is 25.7. The number of carboxylic acids is 1. The van der Waals surface area contributed by atoms with Crippen molar-refractivity contribution in [2.24, 2.45) is 5.92 Å². The van der Waals surface area contributed by atoms with Crippen LogP contribution < -0.4 is 10.4 Å². The van der Waals surface area contributed by atoms with Crippen LogP contribution >= 0.6 is 46.7 Å². The Labute approximate surface area is 221 Å². The van der Waals surface area contributed by atoms with Crippen molar-refractivity contribution in [3.63, 3.8) is 0 Å². The van der Waals surface area contributed by atoms with Crippen LogP contribution in [0.5, 0.6) is 0 Å². The van der Waals surface area contributed by atoms with Gasteiger partial charge < -0.3 is 24.8 Å². The molecule has 0 aromatic heterocycles. The summed E-state index contributed by atoms with van der Waals surface area (Å²) in [6.07, 6.45) is 1.50. The van der Waals surface area contributed by atoms with Crippen LogP contribution in [-0.2, 0) is 14.4 Å². The fourth-order valence-electron chi connectivity index (χ4n) is 5.62. The number of fused-ring (bicyclic) bond motifs is 4. The van der Waals surface area contributed by atoms with Gasteiger partial charge in [-0.15, -0.1) is 23.5 Å². The second-order valence-corrected chi connectivity index (χ2v) is 12.6. The third kappa shape index (κ3) is 4.81. The molecule has 1 aromatic carbocycles. The molecule has 0 spiro atoms. The lowest BCUT2D eigenvalue weighted by molar-refractivity contribution is -0.942. The van der Waals surface area contributed by atoms with E-state index in [0.717, 1.165) is 25.9 Å². The van der Waals surface area contributed by atoms with Gasteiger partial charge in [0, 0.05) is 40.0 Å². The average molecular weight is 559 g/mol. The smallest absolute Gasteiger partial charge is 0.253 e. The lowest BCUT2D eigenvalue weighted by Crippen LogP contribution is -2.72. The zero-order valence-corrected chi connectivity index (χ0v) is 21.9. The van der Waals surface area contributed by atoms with Crippen molar-refractivity contribution in [2.75, 3.05) is 37.7 Å². The third-order valence-corrected chi connectivity index (χ3v) is 10.5. The Kier molecular flexibility index (Phi) is 7.06. The number of rotatable bonds is 7. The Balaban J connectivity index is 1.25. The maximum Gasteiger partial charge on any atom is 0.253 e. The number of carboxylic acid groups (broad SMARTS) is 1. The molecule has 188 valence electrons. The predicted molar refractivity (Wildman–Crippen MR) is 133 cm³/mol. The molecule has 5 heterocycles. The van der Waals surface area contributed by atoms with Crippen molar-refractivity contribution in [1.29, 1.82) is 0 Å². The number of aliphatic hydroxyl groups excluding tert-OH is 1. The van der Waals surface area contributed by atoms with E-state index >= 15 is 0 Å². The minimum atomic E-state index is -1.37. The zero-order chi connectivity index (χ0) is 24.9. The van der Waals surface area contributed by atoms with Crippen molar-refractivity contribution < 1.29 is 29.1 Å². The fraction of sp³-hybridized carbons (Fsp3) is 0.522. The van der Waals surface area contributed by atoms with Gasteiger partial charge in [-0.1, -0.05) is 23.2 Å². The molecular weight excluding hydrogens is 533 g/mol. The summed E-state index contributed by atoms with van der Waals surface area (Å²) in [5.41, 5.74) is 0.599. The summed E-state index contributed by atoms with van der Waals surface area (Å²) in [7, 11) is 0. The highest BCUT2D eigenvalue weighted by Gasteiger charge is 2.54. The van der Waals surface area contributed by atoms with Gasteiger partial charge in [-0.3, -0.25) is 14.5 Å². The second-order valence-electron chi connectivity index (χ2n) is 9.59. The standard InChI is InChI=1S/C23H25Cl2N3O5S2/c24-14-1-2-15(25)17(7-14)34-11-18(30)26-19-21(31)27-20(23(32)33)13(10-35-22(19)27)8-28-5-3-12(4-6-28)16(29)9-28/h1-2,7,12,16,19,22,29H,3-6,8-11H2,(H-,26,30,32,33)/t12?,16?,19-,22-,28?/m1/s1. The van der Waals surface area contributed by atoms with Crippen molar-refractivity contribution in [3.8, 4) is 0 Å². The van der Waals surface area contributed by atoms with Crippen molar-refractivity contribution >= 4 is 64.5 Å². The topological polar surface area (TPSA) is 110 Å². The zero-order valence-electron chi connectivity index (χ0n) is 18.7. The van der Waals surface area contributed by atoms with Gasteiger partial charge in [0.2, 0.25) is 5.91 Å². The summed E-state index contributed by atoms with van der Waals surface area (Å²) in [6.45, 7) is 2.91. The number of aliphatic hydroxyl groups is 1. The maximum atomic E-state index is 12.9. The van der Waals surface area contributed by atoms with E-state index in [1.54, 1.807) is 18.2 Å². The molecular formula is C23H25Cl2N3O5S2. The number of carbonyl (C=O) groups excluding carboxylic acids is 3. The number of quaternary nitrogens is 1. The second kappa shape index (κ2) is 9.79. The maximum absolute atomic E-state index is 12.9. The van der Waals surface area contributed by atoms with Gasteiger partial charge in [-0.2, -0.15) is 0 Å². The Morgan fingerprint density at radius 3 is 2.71 bits per heavy atom. The highest BCUT2D eigenvalue weighted by molar-refractivity contribution is 8.00. The molecule has 0 saturated carbocycles. The number of benzene rings is 1. The Hall–Kier alpha value is -1.43. The molecule has 35 heavy (non-hydrogen) atoms. The van der Waals surface area contributed by atoms with Crippen LogP contribution in [0.1, 0.15) is 12.8 Å². The van der Waals surface area contributed by atoms with Crippen LogP contribution in [-0.4, -0.2) is 87.5 Å². The highest BCUT2D eigenvalue weighted by atomic mass is 35.5. The van der Waals surface area contributed by atoms with Crippen LogP contribution in [0.3, 0.4) is 0 Å². The van der Waals surface area contributed by atoms with Crippen LogP contribution in [0.15, 0.2) is 34.4 Å². The quantitative estimate of drug-likeness (QED) is 0.293. The summed E-state index contributed by atoms with van der Waals surface area (Å²) in [5.74, 6) is -1.35. The number of nitrogens with one attached hydrogen (secondary N) is 1.